The lowest BCUT2D eigenvalue weighted by Crippen LogP contribution is -2.27. The van der Waals surface area contributed by atoms with Gasteiger partial charge >= 0.3 is 0 Å². The molecule has 18 rings (SSSR count). The van der Waals surface area contributed by atoms with Gasteiger partial charge in [0.25, 0.3) is 0 Å². The lowest BCUT2D eigenvalue weighted by molar-refractivity contribution is 0.755. The van der Waals surface area contributed by atoms with E-state index in [0.29, 0.717) is 11.6 Å². The number of aromatic nitrogens is 4. The molecule has 382 valence electrons. The quantitative estimate of drug-likeness (QED) is 0.152. The van der Waals surface area contributed by atoms with Crippen molar-refractivity contribution in [2.75, 3.05) is 0 Å². The van der Waals surface area contributed by atoms with E-state index in [0.717, 1.165) is 67.3 Å². The fourth-order valence-electron chi connectivity index (χ4n) is 13.2. The van der Waals surface area contributed by atoms with Crippen LogP contribution in [0, 0.1) is 0 Å². The van der Waals surface area contributed by atoms with Crippen LogP contribution in [-0.4, -0.2) is 19.9 Å². The van der Waals surface area contributed by atoms with Crippen LogP contribution in [0.3, 0.4) is 0 Å². The van der Waals surface area contributed by atoms with Crippen LogP contribution >= 0.6 is 22.7 Å². The van der Waals surface area contributed by atoms with Gasteiger partial charge in [0.2, 0.25) is 0 Å². The highest BCUT2D eigenvalue weighted by Gasteiger charge is 2.41. The van der Waals surface area contributed by atoms with Crippen molar-refractivity contribution in [3.8, 4) is 90.1 Å². The van der Waals surface area contributed by atoms with Gasteiger partial charge in [-0.2, -0.15) is 0 Å². The molecule has 11 aromatic carbocycles. The molecule has 0 fully saturated rings. The SMILES string of the molecule is c1ccc(-c2nc(-c3cccc(-c4cccc5sc6ccccc6c45)c3)cc(-c3ccc4c(c3)C3c5ccccc5C4c4cc(-c5cc(-c6cccc(-c7cccc8sc9ccccc9c78)c6)nc(-c6ccccc6)n5)ccc43)n2)cc1. The molecule has 4 heterocycles. The molecule has 4 aromatic heterocycles. The number of hydrogen-bond acceptors (Lipinski definition) is 6. The molecular weight excluding hydrogens is 1030 g/mol. The van der Waals surface area contributed by atoms with Crippen molar-refractivity contribution >= 4 is 63.0 Å². The molecule has 82 heavy (non-hydrogen) atoms. The molecule has 3 aliphatic carbocycles. The first-order valence-electron chi connectivity index (χ1n) is 27.9. The van der Waals surface area contributed by atoms with Gasteiger partial charge in [0.1, 0.15) is 0 Å². The first kappa shape index (κ1) is 46.9. The Labute approximate surface area is 482 Å². The van der Waals surface area contributed by atoms with Crippen molar-refractivity contribution in [2.24, 2.45) is 0 Å². The molecule has 0 aliphatic heterocycles. The van der Waals surface area contributed by atoms with Crippen molar-refractivity contribution in [3.05, 3.63) is 300 Å². The normalized spacial score (nSPS) is 14.1. The highest BCUT2D eigenvalue weighted by atomic mass is 32.1. The maximum atomic E-state index is 5.37. The monoisotopic (exact) mass is 1080 g/mol. The standard InChI is InChI=1S/C76H46N4S2/c1-3-17-45(18-4-1)75-77-63(49-23-13-21-47(39-49)53-29-15-33-69-73(53)59-27-9-11-31-67(59)81-69)43-65(79-75)51-35-37-57-61(41-51)71-55-25-7-8-26-56(55)72(57)62-42-52(36-38-58(62)71)66-44-64(78-76(80-66)46-19-5-2-6-20-46)50-24-14-22-48(40-50)54-30-16-34-70-74(54)60-28-10-12-32-68(60)82-70/h1-44,71-72H. The number of thiophene rings is 2. The van der Waals surface area contributed by atoms with Gasteiger partial charge in [0, 0.05) is 85.6 Å². The first-order chi connectivity index (χ1) is 40.6. The summed E-state index contributed by atoms with van der Waals surface area (Å²) in [5.41, 5.74) is 22.6. The van der Waals surface area contributed by atoms with Gasteiger partial charge in [0.05, 0.1) is 22.8 Å². The Bertz CT molecular complexity index is 4760. The zero-order valence-corrected chi connectivity index (χ0v) is 45.8. The molecule has 0 saturated carbocycles. The fraction of sp³-hybridized carbons (Fsp3) is 0.0263. The molecule has 2 unspecified atom stereocenters. The predicted octanol–water partition coefficient (Wildman–Crippen LogP) is 20.3. The van der Waals surface area contributed by atoms with Crippen LogP contribution in [0.25, 0.3) is 130 Å². The smallest absolute Gasteiger partial charge is 0.160 e. The van der Waals surface area contributed by atoms with Crippen molar-refractivity contribution in [2.45, 2.75) is 11.8 Å². The van der Waals surface area contributed by atoms with Crippen LogP contribution in [-0.2, 0) is 0 Å². The highest BCUT2D eigenvalue weighted by Crippen LogP contribution is 2.57. The lowest BCUT2D eigenvalue weighted by Gasteiger charge is -2.42. The molecule has 2 bridgehead atoms. The third kappa shape index (κ3) is 7.63. The average Bonchev–Trinajstić information content (AvgIpc) is 1.31. The summed E-state index contributed by atoms with van der Waals surface area (Å²) in [7, 11) is 0. The maximum Gasteiger partial charge on any atom is 0.160 e. The number of nitrogens with zero attached hydrogens (tertiary/aromatic N) is 4. The Morgan fingerprint density at radius 2 is 0.573 bits per heavy atom. The molecule has 15 aromatic rings. The second-order valence-electron chi connectivity index (χ2n) is 21.6. The summed E-state index contributed by atoms with van der Waals surface area (Å²) < 4.78 is 5.18. The average molecular weight is 1080 g/mol. The molecule has 0 amide bonds. The van der Waals surface area contributed by atoms with Crippen LogP contribution < -0.4 is 0 Å². The summed E-state index contributed by atoms with van der Waals surface area (Å²) in [6.07, 6.45) is 0. The first-order valence-corrected chi connectivity index (χ1v) is 29.5. The van der Waals surface area contributed by atoms with E-state index in [1.807, 2.05) is 34.8 Å². The summed E-state index contributed by atoms with van der Waals surface area (Å²) >= 11 is 3.70. The molecule has 0 spiro atoms. The minimum absolute atomic E-state index is 0.0380. The number of fused-ring (bicyclic) bond motifs is 6. The van der Waals surface area contributed by atoms with E-state index in [-0.39, 0.29) is 11.8 Å². The van der Waals surface area contributed by atoms with Crippen LogP contribution in [0.15, 0.2) is 267 Å². The summed E-state index contributed by atoms with van der Waals surface area (Å²) in [5, 5.41) is 5.18. The Hall–Kier alpha value is -9.98. The number of rotatable bonds is 8. The highest BCUT2D eigenvalue weighted by molar-refractivity contribution is 7.26. The van der Waals surface area contributed by atoms with Gasteiger partial charge in [-0.15, -0.1) is 22.7 Å². The van der Waals surface area contributed by atoms with E-state index in [1.165, 1.54) is 84.9 Å². The van der Waals surface area contributed by atoms with Crippen molar-refractivity contribution < 1.29 is 0 Å². The topological polar surface area (TPSA) is 51.6 Å². The molecule has 2 atom stereocenters. The van der Waals surface area contributed by atoms with Gasteiger partial charge in [-0.25, -0.2) is 19.9 Å². The largest absolute Gasteiger partial charge is 0.228 e. The van der Waals surface area contributed by atoms with Gasteiger partial charge in [0.15, 0.2) is 11.6 Å². The summed E-state index contributed by atoms with van der Waals surface area (Å²) in [6, 6.07) is 96.9. The molecule has 0 radical (unpaired) electrons. The zero-order valence-electron chi connectivity index (χ0n) is 44.2. The minimum atomic E-state index is 0.0380. The Morgan fingerprint density at radius 1 is 0.232 bits per heavy atom. The Kier molecular flexibility index (Phi) is 10.8. The van der Waals surface area contributed by atoms with E-state index in [2.05, 4.69) is 255 Å². The molecular formula is C76H46N4S2. The second-order valence-corrected chi connectivity index (χ2v) is 23.7. The van der Waals surface area contributed by atoms with E-state index in [9.17, 15) is 0 Å². The van der Waals surface area contributed by atoms with Gasteiger partial charge in [-0.1, -0.05) is 206 Å². The molecule has 0 saturated heterocycles. The minimum Gasteiger partial charge on any atom is -0.228 e. The van der Waals surface area contributed by atoms with Gasteiger partial charge in [-0.3, -0.25) is 0 Å². The number of benzene rings is 11. The molecule has 3 aliphatic rings. The van der Waals surface area contributed by atoms with Crippen molar-refractivity contribution in [3.63, 3.8) is 0 Å². The Morgan fingerprint density at radius 3 is 1.02 bits per heavy atom. The summed E-state index contributed by atoms with van der Waals surface area (Å²) in [5.74, 6) is 1.48. The van der Waals surface area contributed by atoms with Crippen LogP contribution in [0.1, 0.15) is 45.2 Å². The van der Waals surface area contributed by atoms with Crippen LogP contribution in [0.2, 0.25) is 0 Å². The molecule has 6 heteroatoms. The third-order valence-corrected chi connectivity index (χ3v) is 19.2. The van der Waals surface area contributed by atoms with Gasteiger partial charge in [-0.05, 0) is 116 Å². The van der Waals surface area contributed by atoms with E-state index >= 15 is 0 Å². The van der Waals surface area contributed by atoms with Crippen LogP contribution in [0.5, 0.6) is 0 Å². The van der Waals surface area contributed by atoms with Crippen molar-refractivity contribution in [1.82, 2.24) is 19.9 Å². The fourth-order valence-corrected chi connectivity index (χ4v) is 15.4. The van der Waals surface area contributed by atoms with Crippen LogP contribution in [0.4, 0.5) is 0 Å². The predicted molar refractivity (Wildman–Crippen MR) is 342 cm³/mol. The summed E-state index contributed by atoms with van der Waals surface area (Å²) in [4.78, 5) is 21.4. The molecule has 4 nitrogen and oxygen atoms in total. The second kappa shape index (κ2) is 18.8. The van der Waals surface area contributed by atoms with E-state index in [4.69, 9.17) is 19.9 Å². The van der Waals surface area contributed by atoms with E-state index in [1.54, 1.807) is 0 Å². The maximum absolute atomic E-state index is 5.37. The third-order valence-electron chi connectivity index (χ3n) is 16.9. The van der Waals surface area contributed by atoms with E-state index < -0.39 is 0 Å². The van der Waals surface area contributed by atoms with Gasteiger partial charge < -0.3 is 0 Å². The number of hydrogen-bond donors (Lipinski definition) is 0. The lowest BCUT2D eigenvalue weighted by atomic mass is 9.60. The van der Waals surface area contributed by atoms with Crippen molar-refractivity contribution in [1.29, 1.82) is 0 Å². The Balaban J connectivity index is 0.769. The zero-order chi connectivity index (χ0) is 53.8. The summed E-state index contributed by atoms with van der Waals surface area (Å²) in [6.45, 7) is 0. The molecule has 0 N–H and O–H groups in total.